The zero-order valence-corrected chi connectivity index (χ0v) is 13.8. The molecule has 1 aromatic carbocycles. The number of thiophene rings is 1. The monoisotopic (exact) mass is 350 g/mol. The highest BCUT2D eigenvalue weighted by atomic mass is 79.9. The Hall–Kier alpha value is -1.33. The predicted octanol–water partition coefficient (Wildman–Crippen LogP) is 5.13. The molecule has 2 aromatic heterocycles. The summed E-state index contributed by atoms with van der Waals surface area (Å²) in [6.45, 7) is 4.98. The Morgan fingerprint density at radius 1 is 1.35 bits per heavy atom. The maximum Gasteiger partial charge on any atom is 0.195 e. The van der Waals surface area contributed by atoms with Gasteiger partial charge in [-0.05, 0) is 47.1 Å². The van der Waals surface area contributed by atoms with Crippen molar-refractivity contribution in [1.82, 2.24) is 4.98 Å². The van der Waals surface area contributed by atoms with E-state index in [1.54, 1.807) is 11.3 Å². The van der Waals surface area contributed by atoms with Crippen LogP contribution in [0.25, 0.3) is 11.1 Å². The molecule has 3 aromatic rings. The van der Waals surface area contributed by atoms with Crippen molar-refractivity contribution in [2.24, 2.45) is 0 Å². The Morgan fingerprint density at radius 3 is 2.90 bits per heavy atom. The molecule has 0 aliphatic heterocycles. The van der Waals surface area contributed by atoms with Crippen LogP contribution in [-0.2, 0) is 13.0 Å². The molecule has 3 rings (SSSR count). The number of aromatic nitrogens is 1. The largest absolute Gasteiger partial charge is 0.441 e. The molecule has 104 valence electrons. The summed E-state index contributed by atoms with van der Waals surface area (Å²) in [6.07, 6.45) is 0.819. The van der Waals surface area contributed by atoms with E-state index in [4.69, 9.17) is 4.42 Å². The molecule has 0 aliphatic carbocycles. The lowest BCUT2D eigenvalue weighted by molar-refractivity contribution is 0.538. The highest BCUT2D eigenvalue weighted by molar-refractivity contribution is 9.10. The molecule has 0 saturated carbocycles. The van der Waals surface area contributed by atoms with Gasteiger partial charge in [-0.1, -0.05) is 6.92 Å². The van der Waals surface area contributed by atoms with E-state index >= 15 is 0 Å². The van der Waals surface area contributed by atoms with Gasteiger partial charge < -0.3 is 9.73 Å². The van der Waals surface area contributed by atoms with E-state index in [2.05, 4.69) is 39.2 Å². The third-order valence-corrected chi connectivity index (χ3v) is 5.25. The van der Waals surface area contributed by atoms with Gasteiger partial charge in [0.2, 0.25) is 0 Å². The maximum absolute atomic E-state index is 5.61. The van der Waals surface area contributed by atoms with Crippen LogP contribution < -0.4 is 5.32 Å². The molecule has 0 bridgehead atoms. The molecule has 3 nitrogen and oxygen atoms in total. The van der Waals surface area contributed by atoms with E-state index in [0.29, 0.717) is 0 Å². The Balaban J connectivity index is 1.76. The van der Waals surface area contributed by atoms with Crippen molar-refractivity contribution in [1.29, 1.82) is 0 Å². The highest BCUT2D eigenvalue weighted by Crippen LogP contribution is 2.27. The van der Waals surface area contributed by atoms with Gasteiger partial charge in [-0.25, -0.2) is 4.98 Å². The van der Waals surface area contributed by atoms with Crippen molar-refractivity contribution in [2.75, 3.05) is 5.32 Å². The summed E-state index contributed by atoms with van der Waals surface area (Å²) < 4.78 is 6.79. The Morgan fingerprint density at radius 2 is 2.20 bits per heavy atom. The highest BCUT2D eigenvalue weighted by Gasteiger charge is 2.06. The van der Waals surface area contributed by atoms with Crippen LogP contribution in [-0.4, -0.2) is 4.98 Å². The molecule has 0 unspecified atom stereocenters. The number of nitrogens with zero attached hydrogens (tertiary/aromatic N) is 1. The van der Waals surface area contributed by atoms with Crippen molar-refractivity contribution >= 4 is 44.1 Å². The van der Waals surface area contributed by atoms with Gasteiger partial charge in [0, 0.05) is 32.9 Å². The van der Waals surface area contributed by atoms with Gasteiger partial charge in [0.25, 0.3) is 0 Å². The molecule has 20 heavy (non-hydrogen) atoms. The van der Waals surface area contributed by atoms with Crippen LogP contribution in [0, 0.1) is 6.92 Å². The summed E-state index contributed by atoms with van der Waals surface area (Å²) >= 11 is 5.35. The van der Waals surface area contributed by atoms with Gasteiger partial charge >= 0.3 is 0 Å². The number of benzene rings is 1. The number of fused-ring (bicyclic) bond motifs is 1. The fourth-order valence-electron chi connectivity index (χ4n) is 2.03. The molecule has 5 heteroatoms. The standard InChI is InChI=1S/C15H15BrN2OS/c1-3-15-18-13-6-10(4-5-14(13)19-15)17-8-11-7-12(16)9(2)20-11/h4-7,17H,3,8H2,1-2H3. The summed E-state index contributed by atoms with van der Waals surface area (Å²) in [5.41, 5.74) is 2.83. The molecule has 0 radical (unpaired) electrons. The average molecular weight is 351 g/mol. The van der Waals surface area contributed by atoms with E-state index in [-0.39, 0.29) is 0 Å². The minimum absolute atomic E-state index is 0.787. The number of aryl methyl sites for hydroxylation is 2. The van der Waals surface area contributed by atoms with Gasteiger partial charge in [0.15, 0.2) is 11.5 Å². The van der Waals surface area contributed by atoms with Gasteiger partial charge in [0.05, 0.1) is 0 Å². The van der Waals surface area contributed by atoms with Crippen LogP contribution in [0.5, 0.6) is 0 Å². The zero-order chi connectivity index (χ0) is 14.1. The smallest absolute Gasteiger partial charge is 0.195 e. The topological polar surface area (TPSA) is 38.1 Å². The lowest BCUT2D eigenvalue weighted by atomic mass is 10.3. The number of hydrogen-bond donors (Lipinski definition) is 1. The van der Waals surface area contributed by atoms with Crippen molar-refractivity contribution < 1.29 is 4.42 Å². The van der Waals surface area contributed by atoms with Crippen molar-refractivity contribution in [3.05, 3.63) is 44.4 Å². The normalized spacial score (nSPS) is 11.2. The van der Waals surface area contributed by atoms with Gasteiger partial charge in [-0.2, -0.15) is 0 Å². The summed E-state index contributed by atoms with van der Waals surface area (Å²) in [6, 6.07) is 8.20. The fourth-order valence-corrected chi connectivity index (χ4v) is 3.57. The molecular formula is C15H15BrN2OS. The van der Waals surface area contributed by atoms with E-state index < -0.39 is 0 Å². The first kappa shape index (κ1) is 13.6. The molecule has 0 atom stereocenters. The predicted molar refractivity (Wildman–Crippen MR) is 87.5 cm³/mol. The second-order valence-electron chi connectivity index (χ2n) is 4.61. The minimum Gasteiger partial charge on any atom is -0.441 e. The Kier molecular flexibility index (Phi) is 3.81. The van der Waals surface area contributed by atoms with E-state index in [1.807, 2.05) is 25.1 Å². The van der Waals surface area contributed by atoms with Crippen LogP contribution in [0.3, 0.4) is 0 Å². The molecule has 0 spiro atoms. The minimum atomic E-state index is 0.787. The Labute approximate surface area is 130 Å². The van der Waals surface area contributed by atoms with Crippen LogP contribution in [0.1, 0.15) is 22.6 Å². The molecule has 0 aliphatic rings. The number of anilines is 1. The fraction of sp³-hybridized carbons (Fsp3) is 0.267. The summed E-state index contributed by atoms with van der Waals surface area (Å²) in [5.74, 6) is 0.787. The Bertz CT molecular complexity index is 728. The second kappa shape index (κ2) is 5.58. The first-order chi connectivity index (χ1) is 9.65. The quantitative estimate of drug-likeness (QED) is 0.708. The molecular weight excluding hydrogens is 336 g/mol. The molecule has 2 heterocycles. The van der Waals surface area contributed by atoms with Crippen molar-refractivity contribution in [3.63, 3.8) is 0 Å². The zero-order valence-electron chi connectivity index (χ0n) is 11.4. The number of hydrogen-bond acceptors (Lipinski definition) is 4. The third-order valence-electron chi connectivity index (χ3n) is 3.11. The van der Waals surface area contributed by atoms with Gasteiger partial charge in [0.1, 0.15) is 5.52 Å². The number of rotatable bonds is 4. The second-order valence-corrected chi connectivity index (χ2v) is 6.81. The van der Waals surface area contributed by atoms with E-state index in [0.717, 1.165) is 35.6 Å². The van der Waals surface area contributed by atoms with Gasteiger partial charge in [-0.3, -0.25) is 0 Å². The van der Waals surface area contributed by atoms with E-state index in [9.17, 15) is 0 Å². The van der Waals surface area contributed by atoms with Crippen LogP contribution >= 0.6 is 27.3 Å². The van der Waals surface area contributed by atoms with Crippen LogP contribution in [0.15, 0.2) is 33.2 Å². The van der Waals surface area contributed by atoms with Crippen molar-refractivity contribution in [3.8, 4) is 0 Å². The average Bonchev–Trinajstić information content (AvgIpc) is 2.99. The molecule has 0 saturated heterocycles. The summed E-state index contributed by atoms with van der Waals surface area (Å²) in [7, 11) is 0. The van der Waals surface area contributed by atoms with Crippen molar-refractivity contribution in [2.45, 2.75) is 26.8 Å². The lowest BCUT2D eigenvalue weighted by Crippen LogP contribution is -1.96. The summed E-state index contributed by atoms with van der Waals surface area (Å²) in [4.78, 5) is 7.07. The molecule has 1 N–H and O–H groups in total. The SMILES string of the molecule is CCc1nc2cc(NCc3cc(Br)c(C)s3)ccc2o1. The molecule has 0 amide bonds. The number of nitrogens with one attached hydrogen (secondary N) is 1. The molecule has 0 fully saturated rings. The third kappa shape index (κ3) is 2.74. The lowest BCUT2D eigenvalue weighted by Gasteiger charge is -2.03. The van der Waals surface area contributed by atoms with Crippen LogP contribution in [0.2, 0.25) is 0 Å². The van der Waals surface area contributed by atoms with Gasteiger partial charge in [-0.15, -0.1) is 11.3 Å². The maximum atomic E-state index is 5.61. The van der Waals surface area contributed by atoms with E-state index in [1.165, 1.54) is 14.2 Å². The summed E-state index contributed by atoms with van der Waals surface area (Å²) in [5, 5.41) is 3.43. The number of oxazole rings is 1. The first-order valence-electron chi connectivity index (χ1n) is 6.54. The number of halogens is 1. The van der Waals surface area contributed by atoms with Crippen LogP contribution in [0.4, 0.5) is 5.69 Å². The first-order valence-corrected chi connectivity index (χ1v) is 8.15.